The fourth-order valence-electron chi connectivity index (χ4n) is 2.49. The van der Waals surface area contributed by atoms with Crippen molar-refractivity contribution in [3.63, 3.8) is 0 Å². The SMILES string of the molecule is CN1CCN(c2noc(CCc3ccccc3N)n2)CC1. The number of benzene rings is 1. The lowest BCUT2D eigenvalue weighted by Gasteiger charge is -2.31. The second kappa shape index (κ2) is 6.13. The molecular formula is C15H21N5O. The molecule has 1 saturated heterocycles. The van der Waals surface area contributed by atoms with E-state index in [1.807, 2.05) is 24.3 Å². The summed E-state index contributed by atoms with van der Waals surface area (Å²) < 4.78 is 5.35. The van der Waals surface area contributed by atoms with Crippen LogP contribution in [0.25, 0.3) is 0 Å². The van der Waals surface area contributed by atoms with Crippen LogP contribution in [0.1, 0.15) is 11.5 Å². The predicted octanol–water partition coefficient (Wildman–Crippen LogP) is 1.19. The normalized spacial score (nSPS) is 16.3. The fourth-order valence-corrected chi connectivity index (χ4v) is 2.49. The highest BCUT2D eigenvalue weighted by Crippen LogP contribution is 2.16. The maximum Gasteiger partial charge on any atom is 0.266 e. The Morgan fingerprint density at radius 2 is 1.90 bits per heavy atom. The van der Waals surface area contributed by atoms with Crippen molar-refractivity contribution >= 4 is 11.6 Å². The van der Waals surface area contributed by atoms with Gasteiger partial charge in [-0.3, -0.25) is 0 Å². The Balaban J connectivity index is 1.59. The first-order chi connectivity index (χ1) is 10.2. The van der Waals surface area contributed by atoms with E-state index in [-0.39, 0.29) is 0 Å². The van der Waals surface area contributed by atoms with E-state index >= 15 is 0 Å². The van der Waals surface area contributed by atoms with Crippen molar-refractivity contribution in [3.8, 4) is 0 Å². The monoisotopic (exact) mass is 287 g/mol. The van der Waals surface area contributed by atoms with Gasteiger partial charge in [-0.25, -0.2) is 0 Å². The maximum atomic E-state index is 5.94. The summed E-state index contributed by atoms with van der Waals surface area (Å²) in [6, 6.07) is 7.89. The molecule has 1 aromatic heterocycles. The van der Waals surface area contributed by atoms with Crippen molar-refractivity contribution in [1.29, 1.82) is 0 Å². The number of anilines is 2. The Kier molecular flexibility index (Phi) is 4.06. The molecule has 2 N–H and O–H groups in total. The van der Waals surface area contributed by atoms with Gasteiger partial charge >= 0.3 is 0 Å². The second-order valence-electron chi connectivity index (χ2n) is 5.48. The molecule has 0 unspecified atom stereocenters. The highest BCUT2D eigenvalue weighted by atomic mass is 16.5. The molecule has 2 heterocycles. The van der Waals surface area contributed by atoms with Crippen LogP contribution in [0.3, 0.4) is 0 Å². The van der Waals surface area contributed by atoms with Gasteiger partial charge < -0.3 is 20.1 Å². The van der Waals surface area contributed by atoms with Crippen molar-refractivity contribution in [2.75, 3.05) is 43.9 Å². The Morgan fingerprint density at radius 1 is 1.14 bits per heavy atom. The molecule has 6 heteroatoms. The van der Waals surface area contributed by atoms with Gasteiger partial charge in [0.2, 0.25) is 5.89 Å². The summed E-state index contributed by atoms with van der Waals surface area (Å²) in [7, 11) is 2.13. The number of nitrogens with zero attached hydrogens (tertiary/aromatic N) is 4. The van der Waals surface area contributed by atoms with Crippen LogP contribution in [0.2, 0.25) is 0 Å². The number of para-hydroxylation sites is 1. The molecule has 0 radical (unpaired) electrons. The lowest BCUT2D eigenvalue weighted by Crippen LogP contribution is -2.44. The minimum atomic E-state index is 0.673. The zero-order chi connectivity index (χ0) is 14.7. The number of aryl methyl sites for hydroxylation is 2. The highest BCUT2D eigenvalue weighted by Gasteiger charge is 2.19. The lowest BCUT2D eigenvalue weighted by molar-refractivity contribution is 0.308. The summed E-state index contributed by atoms with van der Waals surface area (Å²) in [5, 5.41) is 4.09. The largest absolute Gasteiger partial charge is 0.399 e. The molecule has 2 aromatic rings. The smallest absolute Gasteiger partial charge is 0.266 e. The number of hydrogen-bond donors (Lipinski definition) is 1. The molecule has 1 aliphatic heterocycles. The van der Waals surface area contributed by atoms with Crippen LogP contribution in [0.5, 0.6) is 0 Å². The minimum Gasteiger partial charge on any atom is -0.399 e. The molecule has 0 amide bonds. The van der Waals surface area contributed by atoms with Crippen LogP contribution < -0.4 is 10.6 Å². The molecule has 0 aliphatic carbocycles. The lowest BCUT2D eigenvalue weighted by atomic mass is 10.1. The van der Waals surface area contributed by atoms with E-state index in [9.17, 15) is 0 Å². The van der Waals surface area contributed by atoms with Gasteiger partial charge in [-0.2, -0.15) is 4.98 Å². The van der Waals surface area contributed by atoms with Crippen molar-refractivity contribution in [3.05, 3.63) is 35.7 Å². The van der Waals surface area contributed by atoms with Gasteiger partial charge in [0, 0.05) is 38.3 Å². The maximum absolute atomic E-state index is 5.94. The van der Waals surface area contributed by atoms with Crippen molar-refractivity contribution in [2.24, 2.45) is 0 Å². The number of nitrogens with two attached hydrogens (primary N) is 1. The summed E-state index contributed by atoms with van der Waals surface area (Å²) in [5.74, 6) is 1.38. The Labute approximate surface area is 124 Å². The fraction of sp³-hybridized carbons (Fsp3) is 0.467. The first-order valence-electron chi connectivity index (χ1n) is 7.32. The van der Waals surface area contributed by atoms with Gasteiger partial charge in [-0.1, -0.05) is 18.2 Å². The van der Waals surface area contributed by atoms with E-state index in [1.165, 1.54) is 0 Å². The van der Waals surface area contributed by atoms with E-state index in [4.69, 9.17) is 10.3 Å². The third-order valence-corrected chi connectivity index (χ3v) is 3.91. The number of nitrogen functional groups attached to an aromatic ring is 1. The molecule has 0 saturated carbocycles. The molecule has 3 rings (SSSR count). The third-order valence-electron chi connectivity index (χ3n) is 3.91. The van der Waals surface area contributed by atoms with Crippen molar-refractivity contribution in [2.45, 2.75) is 12.8 Å². The average Bonchev–Trinajstić information content (AvgIpc) is 2.96. The van der Waals surface area contributed by atoms with E-state index in [0.717, 1.165) is 50.3 Å². The highest BCUT2D eigenvalue weighted by molar-refractivity contribution is 5.46. The van der Waals surface area contributed by atoms with Gasteiger partial charge in [-0.15, -0.1) is 0 Å². The van der Waals surface area contributed by atoms with Crippen molar-refractivity contribution < 1.29 is 4.52 Å². The van der Waals surface area contributed by atoms with E-state index < -0.39 is 0 Å². The predicted molar refractivity (Wildman–Crippen MR) is 82.3 cm³/mol. The third kappa shape index (κ3) is 3.33. The number of piperazine rings is 1. The first-order valence-corrected chi connectivity index (χ1v) is 7.32. The molecular weight excluding hydrogens is 266 g/mol. The zero-order valence-electron chi connectivity index (χ0n) is 12.3. The standard InChI is InChI=1S/C15H21N5O/c1-19-8-10-20(11-9-19)15-17-14(21-18-15)7-6-12-4-2-3-5-13(12)16/h2-5H,6-11,16H2,1H3. The topological polar surface area (TPSA) is 71.4 Å². The molecule has 0 bridgehead atoms. The number of rotatable bonds is 4. The number of likely N-dealkylation sites (N-methyl/N-ethyl adjacent to an activating group) is 1. The minimum absolute atomic E-state index is 0.673. The van der Waals surface area contributed by atoms with Gasteiger partial charge in [-0.05, 0) is 30.3 Å². The van der Waals surface area contributed by atoms with E-state index in [2.05, 4.69) is 27.0 Å². The Bertz CT molecular complexity index is 589. The molecule has 1 aromatic carbocycles. The summed E-state index contributed by atoms with van der Waals surface area (Å²) in [6.07, 6.45) is 1.53. The molecule has 1 fully saturated rings. The van der Waals surface area contributed by atoms with Gasteiger partial charge in [0.1, 0.15) is 0 Å². The van der Waals surface area contributed by atoms with Gasteiger partial charge in [0.25, 0.3) is 5.95 Å². The molecule has 21 heavy (non-hydrogen) atoms. The van der Waals surface area contributed by atoms with Crippen LogP contribution in [0.4, 0.5) is 11.6 Å². The van der Waals surface area contributed by atoms with Crippen LogP contribution in [0, 0.1) is 0 Å². The summed E-state index contributed by atoms with van der Waals surface area (Å²) in [5.41, 5.74) is 7.88. The van der Waals surface area contributed by atoms with E-state index in [0.29, 0.717) is 11.8 Å². The number of hydrogen-bond acceptors (Lipinski definition) is 6. The summed E-state index contributed by atoms with van der Waals surface area (Å²) >= 11 is 0. The van der Waals surface area contributed by atoms with Crippen LogP contribution in [0.15, 0.2) is 28.8 Å². The van der Waals surface area contributed by atoms with Crippen molar-refractivity contribution in [1.82, 2.24) is 15.0 Å². The Morgan fingerprint density at radius 3 is 2.67 bits per heavy atom. The molecule has 0 atom stereocenters. The van der Waals surface area contributed by atoms with E-state index in [1.54, 1.807) is 0 Å². The summed E-state index contributed by atoms with van der Waals surface area (Å²) in [6.45, 7) is 3.96. The molecule has 112 valence electrons. The molecule has 1 aliphatic rings. The van der Waals surface area contributed by atoms with Gasteiger partial charge in [0.05, 0.1) is 0 Å². The zero-order valence-corrected chi connectivity index (χ0v) is 12.3. The second-order valence-corrected chi connectivity index (χ2v) is 5.48. The molecule has 0 spiro atoms. The van der Waals surface area contributed by atoms with Crippen LogP contribution >= 0.6 is 0 Å². The van der Waals surface area contributed by atoms with Gasteiger partial charge in [0.15, 0.2) is 0 Å². The van der Waals surface area contributed by atoms with Crippen LogP contribution in [-0.4, -0.2) is 48.3 Å². The molecule has 6 nitrogen and oxygen atoms in total. The summed E-state index contributed by atoms with van der Waals surface area (Å²) in [4.78, 5) is 8.96. The average molecular weight is 287 g/mol. The Hall–Kier alpha value is -2.08. The quantitative estimate of drug-likeness (QED) is 0.852. The van der Waals surface area contributed by atoms with Crippen LogP contribution in [-0.2, 0) is 12.8 Å². The first kappa shape index (κ1) is 13.9. The number of aromatic nitrogens is 2.